The predicted molar refractivity (Wildman–Crippen MR) is 74.7 cm³/mol. The number of hydrogen-bond donors (Lipinski definition) is 2. The Hall–Kier alpha value is -1.75. The molecule has 0 bridgehead atoms. The Kier molecular flexibility index (Phi) is 3.95. The molecule has 0 radical (unpaired) electrons. The molecule has 2 atom stereocenters. The van der Waals surface area contributed by atoms with E-state index in [0.29, 0.717) is 11.4 Å². The van der Waals surface area contributed by atoms with Gasteiger partial charge in [-0.2, -0.15) is 0 Å². The van der Waals surface area contributed by atoms with Gasteiger partial charge < -0.3 is 20.5 Å². The first-order chi connectivity index (χ1) is 9.04. The minimum absolute atomic E-state index is 0.210. The van der Waals surface area contributed by atoms with Crippen molar-refractivity contribution in [2.45, 2.75) is 31.9 Å². The van der Waals surface area contributed by atoms with Gasteiger partial charge in [-0.25, -0.2) is 4.79 Å². The number of carboxylic acids is 1. The van der Waals surface area contributed by atoms with Gasteiger partial charge in [0, 0.05) is 19.7 Å². The van der Waals surface area contributed by atoms with E-state index in [2.05, 4.69) is 11.8 Å². The van der Waals surface area contributed by atoms with Gasteiger partial charge in [-0.05, 0) is 31.9 Å². The maximum absolute atomic E-state index is 11.3. The number of para-hydroxylation sites is 1. The number of carbonyl (C=O) groups is 1. The standard InChI is InChI=1S/C14H20N2O3/c1-9-8-10(19-2)6-7-16(9)13-11(14(17)18)4-3-5-12(13)15/h3-5,9-10H,6-8,15H2,1-2H3,(H,17,18). The van der Waals surface area contributed by atoms with Gasteiger partial charge in [-0.1, -0.05) is 6.07 Å². The second kappa shape index (κ2) is 5.48. The molecule has 0 amide bonds. The Bertz CT molecular complexity index is 476. The van der Waals surface area contributed by atoms with Gasteiger partial charge in [0.05, 0.1) is 23.0 Å². The van der Waals surface area contributed by atoms with Gasteiger partial charge in [0.25, 0.3) is 0 Å². The Morgan fingerprint density at radius 3 is 2.84 bits per heavy atom. The molecule has 3 N–H and O–H groups in total. The number of nitrogen functional groups attached to an aromatic ring is 1. The summed E-state index contributed by atoms with van der Waals surface area (Å²) in [6, 6.07) is 5.23. The summed E-state index contributed by atoms with van der Waals surface area (Å²) in [6.07, 6.45) is 2.00. The molecule has 2 rings (SSSR count). The van der Waals surface area contributed by atoms with Crippen LogP contribution in [0.3, 0.4) is 0 Å². The Morgan fingerprint density at radius 2 is 2.26 bits per heavy atom. The van der Waals surface area contributed by atoms with E-state index in [9.17, 15) is 9.90 Å². The fraction of sp³-hybridized carbons (Fsp3) is 0.500. The normalized spacial score (nSPS) is 23.4. The quantitative estimate of drug-likeness (QED) is 0.816. The van der Waals surface area contributed by atoms with Crippen LogP contribution in [0, 0.1) is 0 Å². The number of aromatic carboxylic acids is 1. The van der Waals surface area contributed by atoms with Crippen LogP contribution in [0.5, 0.6) is 0 Å². The van der Waals surface area contributed by atoms with Crippen LogP contribution in [0.25, 0.3) is 0 Å². The molecule has 5 nitrogen and oxygen atoms in total. The van der Waals surface area contributed by atoms with Crippen LogP contribution in [-0.2, 0) is 4.74 Å². The highest BCUT2D eigenvalue weighted by Gasteiger charge is 2.29. The van der Waals surface area contributed by atoms with Crippen molar-refractivity contribution in [3.63, 3.8) is 0 Å². The number of benzene rings is 1. The summed E-state index contributed by atoms with van der Waals surface area (Å²) in [5, 5.41) is 9.30. The lowest BCUT2D eigenvalue weighted by Gasteiger charge is -2.39. The number of rotatable bonds is 3. The molecule has 1 saturated heterocycles. The highest BCUT2D eigenvalue weighted by Crippen LogP contribution is 2.33. The van der Waals surface area contributed by atoms with Crippen molar-refractivity contribution in [2.75, 3.05) is 24.3 Å². The van der Waals surface area contributed by atoms with Gasteiger partial charge in [-0.3, -0.25) is 0 Å². The number of carboxylic acid groups (broad SMARTS) is 1. The predicted octanol–water partition coefficient (Wildman–Crippen LogP) is 1.97. The molecule has 1 aromatic carbocycles. The number of piperidine rings is 1. The zero-order chi connectivity index (χ0) is 14.0. The molecule has 2 unspecified atom stereocenters. The molecule has 19 heavy (non-hydrogen) atoms. The van der Waals surface area contributed by atoms with E-state index < -0.39 is 5.97 Å². The highest BCUT2D eigenvalue weighted by molar-refractivity contribution is 5.98. The summed E-state index contributed by atoms with van der Waals surface area (Å²) in [5.74, 6) is -0.941. The second-order valence-electron chi connectivity index (χ2n) is 4.97. The first-order valence-corrected chi connectivity index (χ1v) is 6.45. The van der Waals surface area contributed by atoms with E-state index in [0.717, 1.165) is 19.4 Å². The van der Waals surface area contributed by atoms with Crippen LogP contribution in [0.15, 0.2) is 18.2 Å². The number of anilines is 2. The Morgan fingerprint density at radius 1 is 1.53 bits per heavy atom. The summed E-state index contributed by atoms with van der Waals surface area (Å²) in [4.78, 5) is 13.4. The van der Waals surface area contributed by atoms with Crippen LogP contribution in [0.4, 0.5) is 11.4 Å². The van der Waals surface area contributed by atoms with E-state index in [4.69, 9.17) is 10.5 Å². The molecule has 104 valence electrons. The summed E-state index contributed by atoms with van der Waals surface area (Å²) in [5.41, 5.74) is 7.40. The molecule has 5 heteroatoms. The first kappa shape index (κ1) is 13.7. The van der Waals surface area contributed by atoms with Crippen molar-refractivity contribution < 1.29 is 14.6 Å². The lowest BCUT2D eigenvalue weighted by Crippen LogP contribution is -2.44. The van der Waals surface area contributed by atoms with E-state index in [1.54, 1.807) is 25.3 Å². The fourth-order valence-corrected chi connectivity index (χ4v) is 2.73. The van der Waals surface area contributed by atoms with Gasteiger partial charge >= 0.3 is 5.97 Å². The van der Waals surface area contributed by atoms with Crippen molar-refractivity contribution in [3.8, 4) is 0 Å². The molecule has 1 heterocycles. The summed E-state index contributed by atoms with van der Waals surface area (Å²) >= 11 is 0. The molecule has 0 saturated carbocycles. The number of hydrogen-bond acceptors (Lipinski definition) is 4. The topological polar surface area (TPSA) is 75.8 Å². The summed E-state index contributed by atoms with van der Waals surface area (Å²) < 4.78 is 5.38. The Balaban J connectivity index is 2.34. The first-order valence-electron chi connectivity index (χ1n) is 6.45. The van der Waals surface area contributed by atoms with E-state index in [-0.39, 0.29) is 17.7 Å². The molecule has 1 aliphatic heterocycles. The van der Waals surface area contributed by atoms with Crippen molar-refractivity contribution in [1.82, 2.24) is 0 Å². The highest BCUT2D eigenvalue weighted by atomic mass is 16.5. The maximum atomic E-state index is 11.3. The molecule has 1 fully saturated rings. The lowest BCUT2D eigenvalue weighted by molar-refractivity contribution is 0.0691. The van der Waals surface area contributed by atoms with E-state index in [1.807, 2.05) is 0 Å². The summed E-state index contributed by atoms with van der Waals surface area (Å²) in [6.45, 7) is 2.83. The lowest BCUT2D eigenvalue weighted by atomic mass is 9.98. The average Bonchev–Trinajstić information content (AvgIpc) is 2.38. The molecule has 0 aromatic heterocycles. The van der Waals surface area contributed by atoms with Gasteiger partial charge in [0.2, 0.25) is 0 Å². The van der Waals surface area contributed by atoms with Crippen molar-refractivity contribution in [1.29, 1.82) is 0 Å². The maximum Gasteiger partial charge on any atom is 0.337 e. The number of ether oxygens (including phenoxy) is 1. The van der Waals surface area contributed by atoms with Crippen LogP contribution < -0.4 is 10.6 Å². The number of methoxy groups -OCH3 is 1. The molecular weight excluding hydrogens is 244 g/mol. The zero-order valence-electron chi connectivity index (χ0n) is 11.3. The third-order valence-corrected chi connectivity index (χ3v) is 3.75. The molecular formula is C14H20N2O3. The van der Waals surface area contributed by atoms with Crippen molar-refractivity contribution in [3.05, 3.63) is 23.8 Å². The van der Waals surface area contributed by atoms with Gasteiger partial charge in [0.15, 0.2) is 0 Å². The van der Waals surface area contributed by atoms with Gasteiger partial charge in [-0.15, -0.1) is 0 Å². The second-order valence-corrected chi connectivity index (χ2v) is 4.97. The summed E-state index contributed by atoms with van der Waals surface area (Å²) in [7, 11) is 1.71. The minimum atomic E-state index is -0.941. The third-order valence-electron chi connectivity index (χ3n) is 3.75. The van der Waals surface area contributed by atoms with E-state index >= 15 is 0 Å². The number of nitrogens with two attached hydrogens (primary N) is 1. The molecule has 0 spiro atoms. The largest absolute Gasteiger partial charge is 0.478 e. The van der Waals surface area contributed by atoms with Crippen molar-refractivity contribution >= 4 is 17.3 Å². The van der Waals surface area contributed by atoms with Crippen LogP contribution in [0.1, 0.15) is 30.1 Å². The van der Waals surface area contributed by atoms with Crippen LogP contribution in [0.2, 0.25) is 0 Å². The fourth-order valence-electron chi connectivity index (χ4n) is 2.73. The average molecular weight is 264 g/mol. The van der Waals surface area contributed by atoms with Crippen LogP contribution in [-0.4, -0.2) is 36.9 Å². The third kappa shape index (κ3) is 2.66. The number of nitrogens with zero attached hydrogens (tertiary/aromatic N) is 1. The monoisotopic (exact) mass is 264 g/mol. The van der Waals surface area contributed by atoms with Crippen molar-refractivity contribution in [2.24, 2.45) is 0 Å². The minimum Gasteiger partial charge on any atom is -0.478 e. The van der Waals surface area contributed by atoms with E-state index in [1.165, 1.54) is 0 Å². The molecule has 1 aromatic rings. The van der Waals surface area contributed by atoms with Crippen LogP contribution >= 0.6 is 0 Å². The SMILES string of the molecule is COC1CCN(c2c(N)cccc2C(=O)O)C(C)C1. The smallest absolute Gasteiger partial charge is 0.337 e. The van der Waals surface area contributed by atoms with Gasteiger partial charge in [0.1, 0.15) is 0 Å². The zero-order valence-corrected chi connectivity index (χ0v) is 11.3. The molecule has 0 aliphatic carbocycles. The Labute approximate surface area is 113 Å². The molecule has 1 aliphatic rings.